The predicted octanol–water partition coefficient (Wildman–Crippen LogP) is 4.90. The summed E-state index contributed by atoms with van der Waals surface area (Å²) in [5.74, 6) is 0.691. The molecule has 0 N–H and O–H groups in total. The molecule has 0 atom stereocenters. The largest absolute Gasteiger partial charge is 0.340 e. The first-order valence-corrected chi connectivity index (χ1v) is 11.3. The minimum absolute atomic E-state index is 0.175. The molecule has 0 unspecified atom stereocenters. The van der Waals surface area contributed by atoms with E-state index < -0.39 is 0 Å². The molecule has 146 valence electrons. The maximum Gasteiger partial charge on any atom is 0.236 e. The van der Waals surface area contributed by atoms with Crippen molar-refractivity contribution in [1.82, 2.24) is 14.8 Å². The summed E-state index contributed by atoms with van der Waals surface area (Å²) in [7, 11) is 1.88. The second-order valence-electron chi connectivity index (χ2n) is 7.41. The number of halogens is 1. The average molecular weight is 458 g/mol. The van der Waals surface area contributed by atoms with Crippen LogP contribution in [0.25, 0.3) is 10.2 Å². The summed E-state index contributed by atoms with van der Waals surface area (Å²) in [6.45, 7) is 3.03. The van der Waals surface area contributed by atoms with Crippen LogP contribution in [0.3, 0.4) is 0 Å². The second-order valence-corrected chi connectivity index (χ2v) is 9.33. The Morgan fingerprint density at radius 1 is 1.18 bits per heavy atom. The minimum atomic E-state index is 0.175. The zero-order valence-electron chi connectivity index (χ0n) is 16.0. The molecule has 2 heterocycles. The lowest BCUT2D eigenvalue weighted by atomic mass is 9.97. The van der Waals surface area contributed by atoms with Gasteiger partial charge < -0.3 is 4.90 Å². The Bertz CT molecular complexity index is 932. The van der Waals surface area contributed by atoms with Crippen LogP contribution in [-0.2, 0) is 11.3 Å². The number of hydrogen-bond acceptors (Lipinski definition) is 4. The molecule has 4 nitrogen and oxygen atoms in total. The fourth-order valence-electron chi connectivity index (χ4n) is 3.68. The van der Waals surface area contributed by atoms with Gasteiger partial charge in [-0.05, 0) is 49.7 Å². The minimum Gasteiger partial charge on any atom is -0.340 e. The van der Waals surface area contributed by atoms with Gasteiger partial charge in [-0.15, -0.1) is 11.3 Å². The van der Waals surface area contributed by atoms with E-state index >= 15 is 0 Å². The smallest absolute Gasteiger partial charge is 0.236 e. The van der Waals surface area contributed by atoms with Crippen LogP contribution in [0.4, 0.5) is 0 Å². The fraction of sp³-hybridized carbons (Fsp3) is 0.364. The fourth-order valence-corrected chi connectivity index (χ4v) is 5.23. The molecule has 1 aromatic heterocycles. The molecule has 0 saturated carbocycles. The molecule has 1 aliphatic heterocycles. The lowest BCUT2D eigenvalue weighted by Gasteiger charge is -2.31. The third-order valence-electron chi connectivity index (χ3n) is 5.40. The third kappa shape index (κ3) is 4.45. The standard InChI is InChI=1S/C22H24BrN3OS/c1-25(14-17-6-2-3-7-18(17)23)21(27)15-26-12-10-16(11-13-26)22-24-19-8-4-5-9-20(19)28-22/h2-9,16H,10-15H2,1H3. The van der Waals surface area contributed by atoms with Gasteiger partial charge in [0, 0.05) is 24.0 Å². The van der Waals surface area contributed by atoms with E-state index in [0.29, 0.717) is 19.0 Å². The van der Waals surface area contributed by atoms with Gasteiger partial charge >= 0.3 is 0 Å². The molecule has 1 aliphatic rings. The summed E-state index contributed by atoms with van der Waals surface area (Å²) in [4.78, 5) is 21.6. The Balaban J connectivity index is 1.30. The van der Waals surface area contributed by atoms with E-state index in [2.05, 4.69) is 45.1 Å². The number of hydrogen-bond donors (Lipinski definition) is 0. The SMILES string of the molecule is CN(Cc1ccccc1Br)C(=O)CN1CCC(c2nc3ccccc3s2)CC1. The van der Waals surface area contributed by atoms with Crippen molar-refractivity contribution in [3.05, 3.63) is 63.6 Å². The zero-order chi connectivity index (χ0) is 19.5. The molecule has 1 saturated heterocycles. The normalized spacial score (nSPS) is 15.8. The van der Waals surface area contributed by atoms with Crippen molar-refractivity contribution in [1.29, 1.82) is 0 Å². The number of fused-ring (bicyclic) bond motifs is 1. The van der Waals surface area contributed by atoms with E-state index in [1.807, 2.05) is 47.5 Å². The van der Waals surface area contributed by atoms with Gasteiger partial charge in [0.25, 0.3) is 0 Å². The van der Waals surface area contributed by atoms with Gasteiger partial charge in [-0.1, -0.05) is 46.3 Å². The van der Waals surface area contributed by atoms with Crippen molar-refractivity contribution in [3.63, 3.8) is 0 Å². The molecule has 0 radical (unpaired) electrons. The number of likely N-dealkylation sites (tertiary alicyclic amines) is 1. The van der Waals surface area contributed by atoms with Crippen molar-refractivity contribution < 1.29 is 4.79 Å². The third-order valence-corrected chi connectivity index (χ3v) is 7.37. The Kier molecular flexibility index (Phi) is 6.09. The van der Waals surface area contributed by atoms with Gasteiger partial charge in [-0.25, -0.2) is 4.98 Å². The number of nitrogens with zero attached hydrogens (tertiary/aromatic N) is 3. The number of piperidine rings is 1. The number of thiazole rings is 1. The topological polar surface area (TPSA) is 36.4 Å². The van der Waals surface area contributed by atoms with Crippen molar-refractivity contribution in [2.24, 2.45) is 0 Å². The van der Waals surface area contributed by atoms with Gasteiger partial charge in [0.05, 0.1) is 21.8 Å². The molecule has 6 heteroatoms. The average Bonchev–Trinajstić information content (AvgIpc) is 3.14. The molecule has 4 rings (SSSR count). The summed E-state index contributed by atoms with van der Waals surface area (Å²) in [6, 6.07) is 16.4. The summed E-state index contributed by atoms with van der Waals surface area (Å²) < 4.78 is 2.31. The lowest BCUT2D eigenvalue weighted by molar-refractivity contribution is -0.131. The van der Waals surface area contributed by atoms with Crippen LogP contribution < -0.4 is 0 Å². The number of likely N-dealkylation sites (N-methyl/N-ethyl adjacent to an activating group) is 1. The van der Waals surface area contributed by atoms with Crippen LogP contribution in [0.2, 0.25) is 0 Å². The molecule has 0 bridgehead atoms. The molecule has 28 heavy (non-hydrogen) atoms. The highest BCUT2D eigenvalue weighted by molar-refractivity contribution is 9.10. The number of amides is 1. The van der Waals surface area contributed by atoms with Crippen LogP contribution in [0, 0.1) is 0 Å². The molecule has 2 aromatic carbocycles. The van der Waals surface area contributed by atoms with Crippen LogP contribution in [0.5, 0.6) is 0 Å². The monoisotopic (exact) mass is 457 g/mol. The molecule has 0 aliphatic carbocycles. The molecule has 1 fully saturated rings. The van der Waals surface area contributed by atoms with E-state index in [4.69, 9.17) is 4.98 Å². The van der Waals surface area contributed by atoms with Gasteiger partial charge in [0.2, 0.25) is 5.91 Å². The molecule has 3 aromatic rings. The number of rotatable bonds is 5. The summed E-state index contributed by atoms with van der Waals surface area (Å²) in [5.41, 5.74) is 2.24. The Morgan fingerprint density at radius 2 is 1.89 bits per heavy atom. The second kappa shape index (κ2) is 8.72. The number of carbonyl (C=O) groups is 1. The van der Waals surface area contributed by atoms with Crippen LogP contribution >= 0.6 is 27.3 Å². The highest BCUT2D eigenvalue weighted by Crippen LogP contribution is 2.33. The van der Waals surface area contributed by atoms with Gasteiger partial charge in [-0.3, -0.25) is 9.69 Å². The highest BCUT2D eigenvalue weighted by Gasteiger charge is 2.25. The van der Waals surface area contributed by atoms with Gasteiger partial charge in [0.15, 0.2) is 0 Å². The molecule has 0 spiro atoms. The van der Waals surface area contributed by atoms with Gasteiger partial charge in [-0.2, -0.15) is 0 Å². The number of benzene rings is 2. The summed E-state index contributed by atoms with van der Waals surface area (Å²) >= 11 is 5.38. The first kappa shape index (κ1) is 19.6. The number of para-hydroxylation sites is 1. The Morgan fingerprint density at radius 3 is 2.64 bits per heavy atom. The lowest BCUT2D eigenvalue weighted by Crippen LogP contribution is -2.41. The number of carbonyl (C=O) groups excluding carboxylic acids is 1. The van der Waals surface area contributed by atoms with E-state index in [9.17, 15) is 4.79 Å². The first-order valence-electron chi connectivity index (χ1n) is 9.65. The van der Waals surface area contributed by atoms with E-state index in [1.165, 1.54) is 9.71 Å². The zero-order valence-corrected chi connectivity index (χ0v) is 18.4. The summed E-state index contributed by atoms with van der Waals surface area (Å²) in [5, 5.41) is 1.25. The number of aromatic nitrogens is 1. The molecular weight excluding hydrogens is 434 g/mol. The van der Waals surface area contributed by atoms with Crippen molar-refractivity contribution >= 4 is 43.4 Å². The van der Waals surface area contributed by atoms with Gasteiger partial charge in [0.1, 0.15) is 0 Å². The quantitative estimate of drug-likeness (QED) is 0.546. The van der Waals surface area contributed by atoms with Crippen molar-refractivity contribution in [3.8, 4) is 0 Å². The summed E-state index contributed by atoms with van der Waals surface area (Å²) in [6.07, 6.45) is 2.14. The maximum atomic E-state index is 12.7. The first-order chi connectivity index (χ1) is 13.6. The van der Waals surface area contributed by atoms with Crippen LogP contribution in [0.1, 0.15) is 29.3 Å². The van der Waals surface area contributed by atoms with Crippen LogP contribution in [-0.4, -0.2) is 47.4 Å². The van der Waals surface area contributed by atoms with Crippen LogP contribution in [0.15, 0.2) is 53.0 Å². The molecular formula is C22H24BrN3OS. The maximum absolute atomic E-state index is 12.7. The van der Waals surface area contributed by atoms with Crippen molar-refractivity contribution in [2.45, 2.75) is 25.3 Å². The van der Waals surface area contributed by atoms with Crippen molar-refractivity contribution in [2.75, 3.05) is 26.7 Å². The predicted molar refractivity (Wildman–Crippen MR) is 119 cm³/mol. The van der Waals surface area contributed by atoms with E-state index in [-0.39, 0.29) is 5.91 Å². The van der Waals surface area contributed by atoms with E-state index in [0.717, 1.165) is 41.5 Å². The molecule has 1 amide bonds. The highest BCUT2D eigenvalue weighted by atomic mass is 79.9. The van der Waals surface area contributed by atoms with E-state index in [1.54, 1.807) is 0 Å². The Hall–Kier alpha value is -1.76. The Labute approximate surface area is 178 Å².